The molecule has 0 aliphatic rings. The van der Waals surface area contributed by atoms with Gasteiger partial charge in [-0.1, -0.05) is 29.8 Å². The summed E-state index contributed by atoms with van der Waals surface area (Å²) in [6.45, 7) is 4.54. The van der Waals surface area contributed by atoms with Crippen molar-refractivity contribution in [3.8, 4) is 5.75 Å². The molecule has 3 aromatic rings. The molecule has 3 rings (SSSR count). The lowest BCUT2D eigenvalue weighted by Gasteiger charge is -2.05. The van der Waals surface area contributed by atoms with E-state index >= 15 is 0 Å². The van der Waals surface area contributed by atoms with E-state index in [-0.39, 0.29) is 18.3 Å². The molecule has 0 aliphatic carbocycles. The second-order valence-corrected chi connectivity index (χ2v) is 7.02. The minimum absolute atomic E-state index is 0.145. The normalized spacial score (nSPS) is 10.6. The molecule has 0 spiro atoms. The molecule has 0 aliphatic heterocycles. The third-order valence-electron chi connectivity index (χ3n) is 3.80. The van der Waals surface area contributed by atoms with Crippen LogP contribution in [-0.2, 0) is 13.2 Å². The molecule has 0 bridgehead atoms. The number of rotatable bonds is 6. The molecule has 0 radical (unpaired) electrons. The predicted octanol–water partition coefficient (Wildman–Crippen LogP) is 4.41. The number of aryl methyl sites for hydroxylation is 2. The molecular weight excluding hydrogens is 351 g/mol. The van der Waals surface area contributed by atoms with Crippen molar-refractivity contribution in [2.75, 3.05) is 0 Å². The van der Waals surface area contributed by atoms with Crippen molar-refractivity contribution in [1.82, 2.24) is 10.3 Å². The van der Waals surface area contributed by atoms with E-state index in [4.69, 9.17) is 4.74 Å². The zero-order chi connectivity index (χ0) is 18.5. The van der Waals surface area contributed by atoms with E-state index in [1.54, 1.807) is 19.1 Å². The zero-order valence-electron chi connectivity index (χ0n) is 14.6. The van der Waals surface area contributed by atoms with Crippen molar-refractivity contribution < 1.29 is 13.9 Å². The second-order valence-electron chi connectivity index (χ2n) is 5.93. The monoisotopic (exact) mass is 370 g/mol. The van der Waals surface area contributed by atoms with Gasteiger partial charge in [-0.2, -0.15) is 0 Å². The van der Waals surface area contributed by atoms with E-state index in [0.29, 0.717) is 27.9 Å². The average molecular weight is 370 g/mol. The van der Waals surface area contributed by atoms with Crippen LogP contribution in [0.1, 0.15) is 31.5 Å². The molecule has 4 nitrogen and oxygen atoms in total. The third-order valence-corrected chi connectivity index (χ3v) is 4.93. The van der Waals surface area contributed by atoms with Crippen LogP contribution >= 0.6 is 11.3 Å². The van der Waals surface area contributed by atoms with Gasteiger partial charge in [0.2, 0.25) is 0 Å². The number of carbonyl (C=O) groups is 1. The zero-order valence-corrected chi connectivity index (χ0v) is 15.4. The Bertz CT molecular complexity index is 889. The standard InChI is InChI=1S/C20H19FN2O2S/c1-13-3-5-15(6-4-13)11-22-20(24)19-14(2)23-18(26-19)12-25-17-9-7-16(21)8-10-17/h3-10H,11-12H2,1-2H3,(H,22,24). The number of hydrogen-bond acceptors (Lipinski definition) is 4. The van der Waals surface area contributed by atoms with Gasteiger partial charge in [0.25, 0.3) is 5.91 Å². The maximum atomic E-state index is 12.9. The summed E-state index contributed by atoms with van der Waals surface area (Å²) in [4.78, 5) is 17.4. The van der Waals surface area contributed by atoms with Gasteiger partial charge in [0.05, 0.1) is 5.69 Å². The molecule has 1 heterocycles. The molecule has 134 valence electrons. The Kier molecular flexibility index (Phi) is 5.63. The number of benzene rings is 2. The molecule has 0 saturated heterocycles. The minimum Gasteiger partial charge on any atom is -0.486 e. The van der Waals surface area contributed by atoms with Gasteiger partial charge < -0.3 is 10.1 Å². The summed E-state index contributed by atoms with van der Waals surface area (Å²) in [5.74, 6) is 0.105. The fourth-order valence-electron chi connectivity index (χ4n) is 2.37. The number of amides is 1. The summed E-state index contributed by atoms with van der Waals surface area (Å²) in [7, 11) is 0. The van der Waals surface area contributed by atoms with E-state index < -0.39 is 0 Å². The predicted molar refractivity (Wildman–Crippen MR) is 99.9 cm³/mol. The molecule has 26 heavy (non-hydrogen) atoms. The van der Waals surface area contributed by atoms with Crippen LogP contribution in [0, 0.1) is 19.7 Å². The first-order valence-electron chi connectivity index (χ1n) is 8.19. The highest BCUT2D eigenvalue weighted by Crippen LogP contribution is 2.20. The number of nitrogens with zero attached hydrogens (tertiary/aromatic N) is 1. The van der Waals surface area contributed by atoms with Gasteiger partial charge in [-0.3, -0.25) is 4.79 Å². The molecule has 0 atom stereocenters. The fourth-order valence-corrected chi connectivity index (χ4v) is 3.26. The van der Waals surface area contributed by atoms with Gasteiger partial charge >= 0.3 is 0 Å². The summed E-state index contributed by atoms with van der Waals surface area (Å²) in [6, 6.07) is 13.8. The van der Waals surface area contributed by atoms with Gasteiger partial charge in [0.15, 0.2) is 0 Å². The van der Waals surface area contributed by atoms with Crippen molar-refractivity contribution in [3.05, 3.63) is 81.1 Å². The first kappa shape index (κ1) is 18.1. The van der Waals surface area contributed by atoms with Crippen molar-refractivity contribution in [1.29, 1.82) is 0 Å². The van der Waals surface area contributed by atoms with Gasteiger partial charge in [-0.25, -0.2) is 9.37 Å². The van der Waals surface area contributed by atoms with Gasteiger partial charge in [-0.05, 0) is 43.7 Å². The van der Waals surface area contributed by atoms with Crippen LogP contribution in [0.4, 0.5) is 4.39 Å². The van der Waals surface area contributed by atoms with E-state index in [0.717, 1.165) is 5.56 Å². The SMILES string of the molecule is Cc1ccc(CNC(=O)c2sc(COc3ccc(F)cc3)nc2C)cc1. The maximum absolute atomic E-state index is 12.9. The molecule has 1 amide bonds. The molecule has 0 fully saturated rings. The van der Waals surface area contributed by atoms with Gasteiger partial charge in [-0.15, -0.1) is 11.3 Å². The highest BCUT2D eigenvalue weighted by molar-refractivity contribution is 7.13. The summed E-state index contributed by atoms with van der Waals surface area (Å²) >= 11 is 1.31. The number of ether oxygens (including phenoxy) is 1. The van der Waals surface area contributed by atoms with Crippen LogP contribution in [-0.4, -0.2) is 10.9 Å². The van der Waals surface area contributed by atoms with Crippen LogP contribution in [0.2, 0.25) is 0 Å². The lowest BCUT2D eigenvalue weighted by atomic mass is 10.1. The lowest BCUT2D eigenvalue weighted by Crippen LogP contribution is -2.22. The van der Waals surface area contributed by atoms with Crippen molar-refractivity contribution in [2.45, 2.75) is 27.0 Å². The topological polar surface area (TPSA) is 51.2 Å². The second kappa shape index (κ2) is 8.10. The van der Waals surface area contributed by atoms with Gasteiger partial charge in [0, 0.05) is 6.54 Å². The van der Waals surface area contributed by atoms with Crippen molar-refractivity contribution in [3.63, 3.8) is 0 Å². The Hall–Kier alpha value is -2.73. The molecular formula is C20H19FN2O2S. The molecule has 6 heteroatoms. The van der Waals surface area contributed by atoms with Crippen LogP contribution in [0.25, 0.3) is 0 Å². The van der Waals surface area contributed by atoms with Crippen LogP contribution in [0.3, 0.4) is 0 Å². The number of hydrogen-bond donors (Lipinski definition) is 1. The summed E-state index contributed by atoms with van der Waals surface area (Å²) in [5.41, 5.74) is 2.91. The molecule has 0 unspecified atom stereocenters. The third kappa shape index (κ3) is 4.67. The molecule has 0 saturated carbocycles. The van der Waals surface area contributed by atoms with Crippen LogP contribution in [0.15, 0.2) is 48.5 Å². The number of thiazole rings is 1. The molecule has 1 aromatic heterocycles. The Morgan fingerprint density at radius 2 is 1.81 bits per heavy atom. The first-order chi connectivity index (χ1) is 12.5. The Morgan fingerprint density at radius 1 is 1.12 bits per heavy atom. The van der Waals surface area contributed by atoms with Crippen LogP contribution in [0.5, 0.6) is 5.75 Å². The van der Waals surface area contributed by atoms with E-state index in [2.05, 4.69) is 10.3 Å². The summed E-state index contributed by atoms with van der Waals surface area (Å²) in [6.07, 6.45) is 0. The fraction of sp³-hybridized carbons (Fsp3) is 0.200. The first-order valence-corrected chi connectivity index (χ1v) is 9.01. The Labute approximate surface area is 155 Å². The lowest BCUT2D eigenvalue weighted by molar-refractivity contribution is 0.0954. The van der Waals surface area contributed by atoms with Crippen molar-refractivity contribution in [2.24, 2.45) is 0 Å². The van der Waals surface area contributed by atoms with E-state index in [1.165, 1.54) is 29.0 Å². The maximum Gasteiger partial charge on any atom is 0.263 e. The highest BCUT2D eigenvalue weighted by Gasteiger charge is 2.15. The minimum atomic E-state index is -0.310. The number of halogens is 1. The molecule has 1 N–H and O–H groups in total. The number of nitrogens with one attached hydrogen (secondary N) is 1. The van der Waals surface area contributed by atoms with Crippen LogP contribution < -0.4 is 10.1 Å². The Morgan fingerprint density at radius 3 is 2.50 bits per heavy atom. The molecule has 2 aromatic carbocycles. The Balaban J connectivity index is 1.58. The van der Waals surface area contributed by atoms with Gasteiger partial charge in [0.1, 0.15) is 28.1 Å². The summed E-state index contributed by atoms with van der Waals surface area (Å²) in [5, 5.41) is 3.62. The smallest absolute Gasteiger partial charge is 0.263 e. The highest BCUT2D eigenvalue weighted by atomic mass is 32.1. The number of carbonyl (C=O) groups excluding carboxylic acids is 1. The van der Waals surface area contributed by atoms with E-state index in [9.17, 15) is 9.18 Å². The van der Waals surface area contributed by atoms with Crippen molar-refractivity contribution >= 4 is 17.2 Å². The summed E-state index contributed by atoms with van der Waals surface area (Å²) < 4.78 is 18.5. The van der Waals surface area contributed by atoms with E-state index in [1.807, 2.05) is 31.2 Å². The average Bonchev–Trinajstić information content (AvgIpc) is 3.01. The quantitative estimate of drug-likeness (QED) is 0.699. The number of aromatic nitrogens is 1. The largest absolute Gasteiger partial charge is 0.486 e.